The zero-order chi connectivity index (χ0) is 13.5. The van der Waals surface area contributed by atoms with Gasteiger partial charge in [0.25, 0.3) is 0 Å². The van der Waals surface area contributed by atoms with E-state index in [2.05, 4.69) is 9.64 Å². The molecule has 18 heavy (non-hydrogen) atoms. The summed E-state index contributed by atoms with van der Waals surface area (Å²) in [6.07, 6.45) is 0. The maximum absolute atomic E-state index is 12.1. The topological polar surface area (TPSA) is 38.5 Å². The molecule has 0 spiro atoms. The number of hydrogen-bond acceptors (Lipinski definition) is 3. The average Bonchev–Trinajstić information content (AvgIpc) is 2.34. The van der Waals surface area contributed by atoms with Gasteiger partial charge in [0, 0.05) is 19.1 Å². The van der Waals surface area contributed by atoms with Crippen LogP contribution in [0.4, 0.5) is 8.78 Å². The molecule has 0 heterocycles. The molecule has 0 radical (unpaired) electrons. The summed E-state index contributed by atoms with van der Waals surface area (Å²) in [6.45, 7) is 3.50. The Hall–Kier alpha value is -1.20. The third-order valence-electron chi connectivity index (χ3n) is 2.94. The van der Waals surface area contributed by atoms with Gasteiger partial charge in [-0.2, -0.15) is 8.78 Å². The van der Waals surface area contributed by atoms with Crippen LogP contribution in [-0.2, 0) is 0 Å². The van der Waals surface area contributed by atoms with Crippen LogP contribution in [0.2, 0.25) is 0 Å². The van der Waals surface area contributed by atoms with Gasteiger partial charge in [-0.25, -0.2) is 0 Å². The highest BCUT2D eigenvalue weighted by atomic mass is 19.3. The van der Waals surface area contributed by atoms with Crippen molar-refractivity contribution in [3.8, 4) is 5.75 Å². The molecule has 5 heteroatoms. The molecule has 0 amide bonds. The van der Waals surface area contributed by atoms with Crippen LogP contribution in [0.3, 0.4) is 0 Å². The molecule has 0 fully saturated rings. The largest absolute Gasteiger partial charge is 0.435 e. The van der Waals surface area contributed by atoms with Crippen LogP contribution in [0.5, 0.6) is 5.75 Å². The first-order valence-corrected chi connectivity index (χ1v) is 6.07. The van der Waals surface area contributed by atoms with E-state index in [1.807, 2.05) is 19.9 Å². The normalized spacial score (nSPS) is 13.1. The van der Waals surface area contributed by atoms with Crippen molar-refractivity contribution in [1.29, 1.82) is 0 Å². The van der Waals surface area contributed by atoms with Crippen molar-refractivity contribution in [2.24, 2.45) is 5.73 Å². The van der Waals surface area contributed by atoms with Crippen molar-refractivity contribution in [1.82, 2.24) is 4.90 Å². The fourth-order valence-corrected chi connectivity index (χ4v) is 1.95. The van der Waals surface area contributed by atoms with Gasteiger partial charge in [-0.3, -0.25) is 4.90 Å². The predicted octanol–water partition coefficient (Wildman–Crippen LogP) is 2.63. The second-order valence-electron chi connectivity index (χ2n) is 4.04. The van der Waals surface area contributed by atoms with Crippen molar-refractivity contribution in [2.75, 3.05) is 19.6 Å². The first kappa shape index (κ1) is 14.9. The molecule has 0 aliphatic heterocycles. The lowest BCUT2D eigenvalue weighted by Gasteiger charge is -2.27. The van der Waals surface area contributed by atoms with Crippen LogP contribution < -0.4 is 10.5 Å². The molecule has 1 atom stereocenters. The van der Waals surface area contributed by atoms with Gasteiger partial charge in [-0.05, 0) is 31.2 Å². The van der Waals surface area contributed by atoms with Crippen molar-refractivity contribution in [3.63, 3.8) is 0 Å². The van der Waals surface area contributed by atoms with E-state index in [-0.39, 0.29) is 11.8 Å². The van der Waals surface area contributed by atoms with E-state index in [1.165, 1.54) is 6.07 Å². The van der Waals surface area contributed by atoms with E-state index in [1.54, 1.807) is 12.1 Å². The lowest BCUT2D eigenvalue weighted by Crippen LogP contribution is -2.31. The molecule has 102 valence electrons. The fourth-order valence-electron chi connectivity index (χ4n) is 1.95. The molecule has 0 aliphatic carbocycles. The predicted molar refractivity (Wildman–Crippen MR) is 67.8 cm³/mol. The first-order valence-electron chi connectivity index (χ1n) is 6.07. The van der Waals surface area contributed by atoms with Crippen LogP contribution in [0.15, 0.2) is 24.3 Å². The van der Waals surface area contributed by atoms with Gasteiger partial charge in [0.15, 0.2) is 0 Å². The second-order valence-corrected chi connectivity index (χ2v) is 4.04. The summed E-state index contributed by atoms with van der Waals surface area (Å²) >= 11 is 0. The Labute approximate surface area is 107 Å². The zero-order valence-corrected chi connectivity index (χ0v) is 10.8. The number of nitrogens with two attached hydrogens (primary N) is 1. The summed E-state index contributed by atoms with van der Waals surface area (Å²) in [6, 6.07) is 6.93. The monoisotopic (exact) mass is 258 g/mol. The summed E-state index contributed by atoms with van der Waals surface area (Å²) in [7, 11) is 0. The molecule has 2 N–H and O–H groups in total. The van der Waals surface area contributed by atoms with Gasteiger partial charge < -0.3 is 10.5 Å². The summed E-state index contributed by atoms with van der Waals surface area (Å²) in [4.78, 5) is 2.18. The number of likely N-dealkylation sites (N-methyl/N-ethyl adjacent to an activating group) is 1. The van der Waals surface area contributed by atoms with Crippen LogP contribution in [-0.4, -0.2) is 31.1 Å². The van der Waals surface area contributed by atoms with Gasteiger partial charge >= 0.3 is 6.61 Å². The van der Waals surface area contributed by atoms with Crippen molar-refractivity contribution >= 4 is 0 Å². The van der Waals surface area contributed by atoms with Gasteiger partial charge in [-0.15, -0.1) is 0 Å². The average molecular weight is 258 g/mol. The zero-order valence-electron chi connectivity index (χ0n) is 10.8. The van der Waals surface area contributed by atoms with E-state index in [4.69, 9.17) is 5.73 Å². The van der Waals surface area contributed by atoms with Crippen molar-refractivity contribution in [3.05, 3.63) is 29.8 Å². The Balaban J connectivity index is 2.81. The first-order chi connectivity index (χ1) is 8.58. The van der Waals surface area contributed by atoms with E-state index in [0.717, 1.165) is 18.7 Å². The lowest BCUT2D eigenvalue weighted by atomic mass is 10.1. The van der Waals surface area contributed by atoms with Crippen LogP contribution in [0.25, 0.3) is 0 Å². The molecule has 0 bridgehead atoms. The standard InChI is InChI=1S/C13H20F2N2O/c1-3-17(8-7-16)10(2)11-5-4-6-12(9-11)18-13(14)15/h4-6,9-10,13H,3,7-8,16H2,1-2H3. The number of ether oxygens (including phenoxy) is 1. The molecule has 0 saturated carbocycles. The van der Waals surface area contributed by atoms with Crippen molar-refractivity contribution in [2.45, 2.75) is 26.5 Å². The number of nitrogens with zero attached hydrogens (tertiary/aromatic N) is 1. The van der Waals surface area contributed by atoms with Gasteiger partial charge in [0.1, 0.15) is 5.75 Å². The summed E-state index contributed by atoms with van der Waals surface area (Å²) in [5.74, 6) is 0.193. The molecule has 0 saturated heterocycles. The Morgan fingerprint density at radius 3 is 2.67 bits per heavy atom. The minimum absolute atomic E-state index is 0.125. The number of halogens is 2. The third kappa shape index (κ3) is 4.23. The summed E-state index contributed by atoms with van der Waals surface area (Å²) in [5.41, 5.74) is 6.50. The summed E-state index contributed by atoms with van der Waals surface area (Å²) < 4.78 is 28.7. The third-order valence-corrected chi connectivity index (χ3v) is 2.94. The number of benzene rings is 1. The fraction of sp³-hybridized carbons (Fsp3) is 0.538. The molecule has 1 unspecified atom stereocenters. The molecule has 1 aromatic carbocycles. The Kier molecular flexibility index (Phi) is 6.01. The Morgan fingerprint density at radius 2 is 2.11 bits per heavy atom. The smallest absolute Gasteiger partial charge is 0.387 e. The Bertz CT molecular complexity index is 361. The molecule has 1 aromatic rings. The Morgan fingerprint density at radius 1 is 1.39 bits per heavy atom. The maximum Gasteiger partial charge on any atom is 0.387 e. The lowest BCUT2D eigenvalue weighted by molar-refractivity contribution is -0.0499. The second kappa shape index (κ2) is 7.28. The number of alkyl halides is 2. The molecular formula is C13H20F2N2O. The van der Waals surface area contributed by atoms with E-state index in [0.29, 0.717) is 6.54 Å². The minimum Gasteiger partial charge on any atom is -0.435 e. The van der Waals surface area contributed by atoms with Crippen LogP contribution >= 0.6 is 0 Å². The van der Waals surface area contributed by atoms with E-state index < -0.39 is 6.61 Å². The molecule has 3 nitrogen and oxygen atoms in total. The van der Waals surface area contributed by atoms with Crippen molar-refractivity contribution < 1.29 is 13.5 Å². The molecule has 0 aliphatic rings. The molecule has 0 aromatic heterocycles. The van der Waals surface area contributed by atoms with Gasteiger partial charge in [0.05, 0.1) is 0 Å². The molecule has 1 rings (SSSR count). The van der Waals surface area contributed by atoms with Crippen LogP contribution in [0, 0.1) is 0 Å². The number of rotatable bonds is 7. The van der Waals surface area contributed by atoms with Gasteiger partial charge in [0.2, 0.25) is 0 Å². The minimum atomic E-state index is -2.79. The highest BCUT2D eigenvalue weighted by molar-refractivity contribution is 5.30. The quantitative estimate of drug-likeness (QED) is 0.817. The highest BCUT2D eigenvalue weighted by Crippen LogP contribution is 2.24. The van der Waals surface area contributed by atoms with E-state index in [9.17, 15) is 8.78 Å². The van der Waals surface area contributed by atoms with Crippen LogP contribution in [0.1, 0.15) is 25.5 Å². The highest BCUT2D eigenvalue weighted by Gasteiger charge is 2.14. The molecular weight excluding hydrogens is 238 g/mol. The maximum atomic E-state index is 12.1. The summed E-state index contributed by atoms with van der Waals surface area (Å²) in [5, 5.41) is 0. The van der Waals surface area contributed by atoms with E-state index >= 15 is 0 Å². The SMILES string of the molecule is CCN(CCN)C(C)c1cccc(OC(F)F)c1. The number of hydrogen-bond donors (Lipinski definition) is 1. The van der Waals surface area contributed by atoms with Gasteiger partial charge in [-0.1, -0.05) is 19.1 Å².